The van der Waals surface area contributed by atoms with Crippen LogP contribution in [0.1, 0.15) is 33.6 Å². The van der Waals surface area contributed by atoms with Gasteiger partial charge in [-0.15, -0.1) is 0 Å². The summed E-state index contributed by atoms with van der Waals surface area (Å²) in [6, 6.07) is -0.470. The van der Waals surface area contributed by atoms with Crippen molar-refractivity contribution in [2.45, 2.75) is 45.3 Å². The zero-order chi connectivity index (χ0) is 13.3. The summed E-state index contributed by atoms with van der Waals surface area (Å²) >= 11 is 0. The second kappa shape index (κ2) is 8.44. The van der Waals surface area contributed by atoms with Crippen LogP contribution < -0.4 is 11.1 Å². The molecular formula is C12H26N2O3. The number of rotatable bonds is 9. The number of hydrogen-bond donors (Lipinski definition) is 2. The molecule has 0 aromatic carbocycles. The van der Waals surface area contributed by atoms with Gasteiger partial charge < -0.3 is 20.5 Å². The first kappa shape index (κ1) is 16.4. The maximum atomic E-state index is 11.7. The van der Waals surface area contributed by atoms with Gasteiger partial charge in [0.1, 0.15) is 0 Å². The Bertz CT molecular complexity index is 220. The topological polar surface area (TPSA) is 73.6 Å². The first-order valence-electron chi connectivity index (χ1n) is 6.09. The largest absolute Gasteiger partial charge is 0.385 e. The molecule has 0 spiro atoms. The molecule has 5 heteroatoms. The van der Waals surface area contributed by atoms with E-state index in [-0.39, 0.29) is 11.5 Å². The van der Waals surface area contributed by atoms with Crippen molar-refractivity contribution in [3.63, 3.8) is 0 Å². The van der Waals surface area contributed by atoms with E-state index in [1.54, 1.807) is 7.11 Å². The molecule has 0 aliphatic carbocycles. The molecule has 0 radical (unpaired) electrons. The van der Waals surface area contributed by atoms with Crippen LogP contribution in [0.5, 0.6) is 0 Å². The third-order valence-corrected chi connectivity index (χ3v) is 2.42. The van der Waals surface area contributed by atoms with E-state index in [2.05, 4.69) is 5.32 Å². The van der Waals surface area contributed by atoms with Crippen LogP contribution in [0.2, 0.25) is 0 Å². The van der Waals surface area contributed by atoms with Crippen LogP contribution in [0.15, 0.2) is 0 Å². The molecule has 0 aromatic heterocycles. The van der Waals surface area contributed by atoms with E-state index in [0.717, 1.165) is 6.42 Å². The quantitative estimate of drug-likeness (QED) is 0.587. The highest BCUT2D eigenvalue weighted by molar-refractivity contribution is 5.81. The van der Waals surface area contributed by atoms with Crippen LogP contribution in [-0.4, -0.2) is 44.4 Å². The smallest absolute Gasteiger partial charge is 0.237 e. The second-order valence-corrected chi connectivity index (χ2v) is 4.65. The highest BCUT2D eigenvalue weighted by Crippen LogP contribution is 2.07. The number of carbonyl (C=O) groups excluding carboxylic acids is 1. The minimum atomic E-state index is -0.470. The summed E-state index contributed by atoms with van der Waals surface area (Å²) in [7, 11) is 1.64. The highest BCUT2D eigenvalue weighted by atomic mass is 16.5. The molecule has 102 valence electrons. The van der Waals surface area contributed by atoms with Crippen molar-refractivity contribution in [2.75, 3.05) is 26.9 Å². The Balaban J connectivity index is 3.84. The maximum Gasteiger partial charge on any atom is 0.237 e. The molecular weight excluding hydrogens is 220 g/mol. The third-order valence-electron chi connectivity index (χ3n) is 2.42. The van der Waals surface area contributed by atoms with Crippen molar-refractivity contribution in [3.05, 3.63) is 0 Å². The van der Waals surface area contributed by atoms with Crippen molar-refractivity contribution >= 4 is 5.91 Å². The fraction of sp³-hybridized carbons (Fsp3) is 0.917. The van der Waals surface area contributed by atoms with Crippen LogP contribution >= 0.6 is 0 Å². The zero-order valence-electron chi connectivity index (χ0n) is 11.4. The van der Waals surface area contributed by atoms with Crippen LogP contribution in [0.3, 0.4) is 0 Å². The molecule has 0 bridgehead atoms. The maximum absolute atomic E-state index is 11.7. The molecule has 1 unspecified atom stereocenters. The summed E-state index contributed by atoms with van der Waals surface area (Å²) in [5.41, 5.74) is 5.40. The zero-order valence-corrected chi connectivity index (χ0v) is 11.4. The van der Waals surface area contributed by atoms with Crippen LogP contribution in [0.25, 0.3) is 0 Å². The van der Waals surface area contributed by atoms with Gasteiger partial charge in [-0.3, -0.25) is 4.79 Å². The fourth-order valence-electron chi connectivity index (χ4n) is 1.45. The standard InChI is InChI=1S/C12H26N2O3/c1-5-17-12(2,3)9-14-11(15)10(13)7-6-8-16-4/h10H,5-9,13H2,1-4H3,(H,14,15). The number of nitrogens with two attached hydrogens (primary N) is 1. The van der Waals surface area contributed by atoms with Gasteiger partial charge in [0.2, 0.25) is 5.91 Å². The van der Waals surface area contributed by atoms with E-state index in [9.17, 15) is 4.79 Å². The van der Waals surface area contributed by atoms with Gasteiger partial charge in [-0.05, 0) is 33.6 Å². The van der Waals surface area contributed by atoms with E-state index in [1.165, 1.54) is 0 Å². The van der Waals surface area contributed by atoms with E-state index < -0.39 is 6.04 Å². The van der Waals surface area contributed by atoms with Gasteiger partial charge in [0.25, 0.3) is 0 Å². The number of methoxy groups -OCH3 is 1. The molecule has 17 heavy (non-hydrogen) atoms. The van der Waals surface area contributed by atoms with Gasteiger partial charge in [0.05, 0.1) is 11.6 Å². The van der Waals surface area contributed by atoms with Crippen molar-refractivity contribution in [1.82, 2.24) is 5.32 Å². The molecule has 0 saturated carbocycles. The summed E-state index contributed by atoms with van der Waals surface area (Å²) in [6.45, 7) is 7.53. The van der Waals surface area contributed by atoms with Gasteiger partial charge in [0.15, 0.2) is 0 Å². The average Bonchev–Trinajstić information content (AvgIpc) is 2.26. The average molecular weight is 246 g/mol. The number of hydrogen-bond acceptors (Lipinski definition) is 4. The monoisotopic (exact) mass is 246 g/mol. The lowest BCUT2D eigenvalue weighted by Crippen LogP contribution is -2.47. The predicted molar refractivity (Wildman–Crippen MR) is 67.8 cm³/mol. The third kappa shape index (κ3) is 8.12. The molecule has 3 N–H and O–H groups in total. The van der Waals surface area contributed by atoms with E-state index in [4.69, 9.17) is 15.2 Å². The lowest BCUT2D eigenvalue weighted by molar-refractivity contribution is -0.124. The normalized spacial score (nSPS) is 13.5. The first-order valence-corrected chi connectivity index (χ1v) is 6.09. The van der Waals surface area contributed by atoms with Gasteiger partial charge >= 0.3 is 0 Å². The van der Waals surface area contributed by atoms with Gasteiger partial charge in [-0.1, -0.05) is 0 Å². The Morgan fingerprint density at radius 2 is 2.12 bits per heavy atom. The summed E-state index contributed by atoms with van der Waals surface area (Å²) in [4.78, 5) is 11.7. The van der Waals surface area contributed by atoms with Crippen LogP contribution in [0.4, 0.5) is 0 Å². The minimum absolute atomic E-state index is 0.131. The fourth-order valence-corrected chi connectivity index (χ4v) is 1.45. The molecule has 0 aliphatic rings. The molecule has 0 rings (SSSR count). The molecule has 5 nitrogen and oxygen atoms in total. The summed E-state index contributed by atoms with van der Waals surface area (Å²) in [5, 5.41) is 2.80. The Hall–Kier alpha value is -0.650. The highest BCUT2D eigenvalue weighted by Gasteiger charge is 2.20. The summed E-state index contributed by atoms with van der Waals surface area (Å²) in [5.74, 6) is -0.131. The van der Waals surface area contributed by atoms with Crippen molar-refractivity contribution in [2.24, 2.45) is 5.73 Å². The van der Waals surface area contributed by atoms with Crippen LogP contribution in [-0.2, 0) is 14.3 Å². The van der Waals surface area contributed by atoms with Crippen molar-refractivity contribution < 1.29 is 14.3 Å². The van der Waals surface area contributed by atoms with Gasteiger partial charge in [-0.25, -0.2) is 0 Å². The number of amides is 1. The van der Waals surface area contributed by atoms with E-state index >= 15 is 0 Å². The molecule has 0 saturated heterocycles. The number of nitrogens with one attached hydrogen (secondary N) is 1. The SMILES string of the molecule is CCOC(C)(C)CNC(=O)C(N)CCCOC. The lowest BCUT2D eigenvalue weighted by atomic mass is 10.1. The van der Waals surface area contributed by atoms with Crippen molar-refractivity contribution in [1.29, 1.82) is 0 Å². The van der Waals surface area contributed by atoms with E-state index in [0.29, 0.717) is 26.2 Å². The Morgan fingerprint density at radius 3 is 2.65 bits per heavy atom. The Kier molecular flexibility index (Phi) is 8.12. The van der Waals surface area contributed by atoms with E-state index in [1.807, 2.05) is 20.8 Å². The Labute approximate surface area is 104 Å². The molecule has 0 aromatic rings. The molecule has 0 fully saturated rings. The number of carbonyl (C=O) groups is 1. The molecule has 0 heterocycles. The van der Waals surface area contributed by atoms with Gasteiger partial charge in [-0.2, -0.15) is 0 Å². The van der Waals surface area contributed by atoms with Crippen molar-refractivity contribution in [3.8, 4) is 0 Å². The molecule has 1 amide bonds. The Morgan fingerprint density at radius 1 is 1.47 bits per heavy atom. The van der Waals surface area contributed by atoms with Gasteiger partial charge in [0, 0.05) is 26.9 Å². The molecule has 1 atom stereocenters. The number of ether oxygens (including phenoxy) is 2. The molecule has 0 aliphatic heterocycles. The second-order valence-electron chi connectivity index (χ2n) is 4.65. The predicted octanol–water partition coefficient (Wildman–Crippen LogP) is 0.672. The summed E-state index contributed by atoms with van der Waals surface area (Å²) < 4.78 is 10.4. The minimum Gasteiger partial charge on any atom is -0.385 e. The lowest BCUT2D eigenvalue weighted by Gasteiger charge is -2.25. The summed E-state index contributed by atoms with van der Waals surface area (Å²) in [6.07, 6.45) is 1.43. The first-order chi connectivity index (χ1) is 7.93. The van der Waals surface area contributed by atoms with Crippen LogP contribution in [0, 0.1) is 0 Å².